The lowest BCUT2D eigenvalue weighted by atomic mass is 10.1. The third-order valence-electron chi connectivity index (χ3n) is 4.83. The molecule has 0 radical (unpaired) electrons. The number of hydrogen-bond acceptors (Lipinski definition) is 6. The summed E-state index contributed by atoms with van der Waals surface area (Å²) in [6, 6.07) is 3.12. The van der Waals surface area contributed by atoms with Crippen molar-refractivity contribution >= 4 is 17.6 Å². The van der Waals surface area contributed by atoms with Crippen molar-refractivity contribution in [1.29, 1.82) is 0 Å². The van der Waals surface area contributed by atoms with E-state index in [1.807, 2.05) is 0 Å². The summed E-state index contributed by atoms with van der Waals surface area (Å²) >= 11 is 0. The Morgan fingerprint density at radius 2 is 2.10 bits per heavy atom. The van der Waals surface area contributed by atoms with Gasteiger partial charge in [-0.1, -0.05) is 0 Å². The maximum Gasteiger partial charge on any atom is 0.422 e. The number of aromatic nitrogens is 3. The number of pyridine rings is 1. The first-order valence-corrected chi connectivity index (χ1v) is 9.32. The molecule has 158 valence electrons. The van der Waals surface area contributed by atoms with Gasteiger partial charge in [-0.05, 0) is 31.9 Å². The van der Waals surface area contributed by atoms with Crippen LogP contribution in [0.4, 0.5) is 19.0 Å². The van der Waals surface area contributed by atoms with Crippen molar-refractivity contribution in [3.8, 4) is 5.88 Å². The number of hydrogen-bond donors (Lipinski definition) is 1. The number of carbonyl (C=O) groups excluding carboxylic acids is 2. The Hall–Kier alpha value is -3.24. The van der Waals surface area contributed by atoms with E-state index in [-0.39, 0.29) is 36.7 Å². The molecule has 0 aromatic carbocycles. The summed E-state index contributed by atoms with van der Waals surface area (Å²) in [5.41, 5.74) is 1.87. The molecular weight excluding hydrogens is 403 g/mol. The molecule has 4 rings (SSSR count). The van der Waals surface area contributed by atoms with E-state index >= 15 is 0 Å². The van der Waals surface area contributed by atoms with Crippen LogP contribution in [-0.4, -0.2) is 44.7 Å². The number of amides is 2. The summed E-state index contributed by atoms with van der Waals surface area (Å²) in [6.07, 6.45) is -1.29. The molecule has 0 saturated heterocycles. The SMILES string of the molecule is Cc1cc(CN2Cc3c(ccnc3NC(=O)C3CC3)C2=O)nnc1OCC(F)(F)F. The van der Waals surface area contributed by atoms with Gasteiger partial charge in [-0.2, -0.15) is 13.2 Å². The molecule has 0 spiro atoms. The van der Waals surface area contributed by atoms with Gasteiger partial charge < -0.3 is 15.0 Å². The van der Waals surface area contributed by atoms with Crippen molar-refractivity contribution in [2.75, 3.05) is 11.9 Å². The molecule has 1 aliphatic heterocycles. The maximum absolute atomic E-state index is 12.7. The first-order valence-electron chi connectivity index (χ1n) is 9.32. The van der Waals surface area contributed by atoms with E-state index in [9.17, 15) is 22.8 Å². The number of rotatable bonds is 6. The predicted molar refractivity (Wildman–Crippen MR) is 97.5 cm³/mol. The fourth-order valence-corrected chi connectivity index (χ4v) is 3.18. The minimum absolute atomic E-state index is 0.00666. The van der Waals surface area contributed by atoms with Gasteiger partial charge >= 0.3 is 6.18 Å². The summed E-state index contributed by atoms with van der Waals surface area (Å²) in [6.45, 7) is 0.441. The van der Waals surface area contributed by atoms with E-state index in [0.29, 0.717) is 28.2 Å². The van der Waals surface area contributed by atoms with Crippen LogP contribution in [-0.2, 0) is 17.9 Å². The molecule has 0 atom stereocenters. The highest BCUT2D eigenvalue weighted by molar-refractivity contribution is 6.01. The molecule has 8 nitrogen and oxygen atoms in total. The number of fused-ring (bicyclic) bond motifs is 1. The quantitative estimate of drug-likeness (QED) is 0.770. The van der Waals surface area contributed by atoms with Gasteiger partial charge in [-0.3, -0.25) is 9.59 Å². The molecule has 11 heteroatoms. The normalized spacial score (nSPS) is 15.9. The summed E-state index contributed by atoms with van der Waals surface area (Å²) in [5.74, 6) is -0.170. The van der Waals surface area contributed by atoms with Crippen molar-refractivity contribution < 1.29 is 27.5 Å². The minimum Gasteiger partial charge on any atom is -0.467 e. The van der Waals surface area contributed by atoms with Crippen molar-refractivity contribution in [2.45, 2.75) is 39.0 Å². The number of halogens is 3. The number of aryl methyl sites for hydroxylation is 1. The molecule has 1 N–H and O–H groups in total. The molecule has 2 aromatic heterocycles. The van der Waals surface area contributed by atoms with Gasteiger partial charge in [0.15, 0.2) is 6.61 Å². The highest BCUT2D eigenvalue weighted by Gasteiger charge is 2.34. The van der Waals surface area contributed by atoms with E-state index in [2.05, 4.69) is 25.2 Å². The summed E-state index contributed by atoms with van der Waals surface area (Å²) in [4.78, 5) is 30.5. The summed E-state index contributed by atoms with van der Waals surface area (Å²) < 4.78 is 41.6. The average Bonchev–Trinajstić information content (AvgIpc) is 3.47. The number of nitrogens with zero attached hydrogens (tertiary/aromatic N) is 4. The second-order valence-electron chi connectivity index (χ2n) is 7.34. The second-order valence-corrected chi connectivity index (χ2v) is 7.34. The topological polar surface area (TPSA) is 97.3 Å². The molecule has 1 aliphatic carbocycles. The zero-order chi connectivity index (χ0) is 21.5. The third kappa shape index (κ3) is 4.34. The molecule has 1 fully saturated rings. The van der Waals surface area contributed by atoms with Crippen molar-refractivity contribution in [3.05, 3.63) is 40.7 Å². The van der Waals surface area contributed by atoms with Crippen LogP contribution in [0.15, 0.2) is 18.3 Å². The minimum atomic E-state index is -4.47. The second kappa shape index (κ2) is 7.54. The Kier molecular flexibility index (Phi) is 5.04. The number of alkyl halides is 3. The number of nitrogens with one attached hydrogen (secondary N) is 1. The number of ether oxygens (including phenoxy) is 1. The number of carbonyl (C=O) groups is 2. The van der Waals surface area contributed by atoms with Crippen LogP contribution in [0.1, 0.15) is 40.0 Å². The molecule has 0 unspecified atom stereocenters. The third-order valence-corrected chi connectivity index (χ3v) is 4.83. The van der Waals surface area contributed by atoms with Gasteiger partial charge in [0.1, 0.15) is 5.82 Å². The van der Waals surface area contributed by atoms with Crippen molar-refractivity contribution in [3.63, 3.8) is 0 Å². The van der Waals surface area contributed by atoms with Crippen molar-refractivity contribution in [2.24, 2.45) is 5.92 Å². The Morgan fingerprint density at radius 3 is 2.77 bits per heavy atom. The van der Waals surface area contributed by atoms with Crippen LogP contribution >= 0.6 is 0 Å². The standard InChI is InChI=1S/C19H18F3N5O3/c1-10-6-12(25-26-17(10)30-9-19(20,21)22)7-27-8-14-13(18(27)29)4-5-23-15(14)24-16(28)11-2-3-11/h4-6,11H,2-3,7-9H2,1H3,(H,23,24,28). The Balaban J connectivity index is 1.46. The highest BCUT2D eigenvalue weighted by atomic mass is 19.4. The molecule has 2 aliphatic rings. The van der Waals surface area contributed by atoms with E-state index in [1.54, 1.807) is 13.0 Å². The van der Waals surface area contributed by atoms with Crippen molar-refractivity contribution in [1.82, 2.24) is 20.1 Å². The molecule has 30 heavy (non-hydrogen) atoms. The lowest BCUT2D eigenvalue weighted by Gasteiger charge is -2.16. The first-order chi connectivity index (χ1) is 14.2. The van der Waals surface area contributed by atoms with Gasteiger partial charge in [-0.15, -0.1) is 10.2 Å². The maximum atomic E-state index is 12.7. The molecule has 1 saturated carbocycles. The average molecular weight is 421 g/mol. The lowest BCUT2D eigenvalue weighted by molar-refractivity contribution is -0.154. The zero-order valence-corrected chi connectivity index (χ0v) is 16.0. The van der Waals surface area contributed by atoms with Gasteiger partial charge in [-0.25, -0.2) is 4.98 Å². The van der Waals surface area contributed by atoms with Crippen LogP contribution < -0.4 is 10.1 Å². The molecule has 0 bridgehead atoms. The summed E-state index contributed by atoms with van der Waals surface area (Å²) in [5, 5.41) is 10.4. The smallest absolute Gasteiger partial charge is 0.422 e. The Bertz CT molecular complexity index is 1010. The number of anilines is 1. The Labute approximate surface area is 169 Å². The van der Waals surface area contributed by atoms with E-state index < -0.39 is 12.8 Å². The summed E-state index contributed by atoms with van der Waals surface area (Å²) in [7, 11) is 0. The largest absolute Gasteiger partial charge is 0.467 e. The van der Waals surface area contributed by atoms with E-state index in [0.717, 1.165) is 12.8 Å². The predicted octanol–water partition coefficient (Wildman–Crippen LogP) is 2.63. The van der Waals surface area contributed by atoms with Crippen LogP contribution in [0.2, 0.25) is 0 Å². The van der Waals surface area contributed by atoms with Gasteiger partial charge in [0.05, 0.1) is 18.8 Å². The Morgan fingerprint density at radius 1 is 1.33 bits per heavy atom. The molecule has 3 heterocycles. The van der Waals surface area contributed by atoms with Crippen LogP contribution in [0.5, 0.6) is 5.88 Å². The molecule has 2 amide bonds. The van der Waals surface area contributed by atoms with Crippen LogP contribution in [0, 0.1) is 12.8 Å². The zero-order valence-electron chi connectivity index (χ0n) is 16.0. The van der Waals surface area contributed by atoms with Gasteiger partial charge in [0.25, 0.3) is 5.91 Å². The fourth-order valence-electron chi connectivity index (χ4n) is 3.18. The van der Waals surface area contributed by atoms with E-state index in [1.165, 1.54) is 17.2 Å². The fraction of sp³-hybridized carbons (Fsp3) is 0.421. The highest BCUT2D eigenvalue weighted by Crippen LogP contribution is 2.33. The monoisotopic (exact) mass is 421 g/mol. The lowest BCUT2D eigenvalue weighted by Crippen LogP contribution is -2.24. The van der Waals surface area contributed by atoms with E-state index in [4.69, 9.17) is 0 Å². The molecular formula is C19H18F3N5O3. The van der Waals surface area contributed by atoms with Crippen LogP contribution in [0.25, 0.3) is 0 Å². The van der Waals surface area contributed by atoms with Gasteiger partial charge in [0.2, 0.25) is 11.8 Å². The first kappa shape index (κ1) is 20.0. The van der Waals surface area contributed by atoms with Gasteiger partial charge in [0, 0.05) is 28.8 Å². The van der Waals surface area contributed by atoms with Crippen LogP contribution in [0.3, 0.4) is 0 Å². The molecule has 2 aromatic rings.